The molecule has 0 spiro atoms. The van der Waals surface area contributed by atoms with Gasteiger partial charge in [0.05, 0.1) is 13.2 Å². The highest BCUT2D eigenvalue weighted by molar-refractivity contribution is 5.77. The summed E-state index contributed by atoms with van der Waals surface area (Å²) in [7, 11) is 1.65. The summed E-state index contributed by atoms with van der Waals surface area (Å²) in [4.78, 5) is 8.60. The molecule has 0 aliphatic heterocycles. The van der Waals surface area contributed by atoms with Crippen LogP contribution in [0.1, 0.15) is 11.3 Å². The van der Waals surface area contributed by atoms with Crippen molar-refractivity contribution in [2.45, 2.75) is 13.0 Å². The number of nitrogens with zero attached hydrogens (tertiary/aromatic N) is 2. The van der Waals surface area contributed by atoms with E-state index in [1.165, 1.54) is 0 Å². The minimum absolute atomic E-state index is 0.436. The number of nitrogens with one attached hydrogen (secondary N) is 1. The molecule has 6 heteroatoms. The number of nitrogens with two attached hydrogens (primary N) is 1. The Bertz CT molecular complexity index is 615. The molecule has 2 rings (SSSR count). The molecule has 0 aliphatic carbocycles. The van der Waals surface area contributed by atoms with Crippen LogP contribution in [0.5, 0.6) is 5.75 Å². The second-order valence-electron chi connectivity index (χ2n) is 5.18. The number of ether oxygens (including phenoxy) is 2. The lowest BCUT2D eigenvalue weighted by molar-refractivity contribution is 0.146. The van der Waals surface area contributed by atoms with Gasteiger partial charge in [0.1, 0.15) is 12.4 Å². The fraction of sp³-hybridized carbons (Fsp3) is 0.333. The number of hydrogen-bond acceptors (Lipinski definition) is 4. The van der Waals surface area contributed by atoms with Gasteiger partial charge < -0.3 is 20.5 Å². The zero-order valence-electron chi connectivity index (χ0n) is 13.9. The Hall–Kier alpha value is -2.60. The lowest BCUT2D eigenvalue weighted by atomic mass is 10.2. The van der Waals surface area contributed by atoms with Gasteiger partial charge in [0, 0.05) is 32.0 Å². The van der Waals surface area contributed by atoms with Crippen molar-refractivity contribution >= 4 is 5.96 Å². The van der Waals surface area contributed by atoms with Crippen LogP contribution in [0.15, 0.2) is 53.7 Å². The van der Waals surface area contributed by atoms with Gasteiger partial charge in [0.2, 0.25) is 0 Å². The van der Waals surface area contributed by atoms with Gasteiger partial charge in [-0.3, -0.25) is 4.98 Å². The van der Waals surface area contributed by atoms with Crippen LogP contribution in [0.25, 0.3) is 0 Å². The maximum Gasteiger partial charge on any atom is 0.188 e. The molecule has 128 valence electrons. The van der Waals surface area contributed by atoms with E-state index >= 15 is 0 Å². The van der Waals surface area contributed by atoms with E-state index in [1.807, 2.05) is 42.5 Å². The number of hydrogen-bond donors (Lipinski definition) is 2. The normalized spacial score (nSPS) is 11.3. The average molecular weight is 328 g/mol. The number of aliphatic imine (C=N–C) groups is 1. The Kier molecular flexibility index (Phi) is 7.56. The molecule has 6 nitrogen and oxygen atoms in total. The van der Waals surface area contributed by atoms with Crippen LogP contribution >= 0.6 is 0 Å². The molecule has 0 saturated carbocycles. The molecule has 0 atom stereocenters. The summed E-state index contributed by atoms with van der Waals surface area (Å²) in [6.07, 6.45) is 2.60. The number of aromatic nitrogens is 1. The van der Waals surface area contributed by atoms with E-state index < -0.39 is 0 Å². The minimum atomic E-state index is 0.436. The standard InChI is InChI=1S/C18H24N4O2/c1-23-12-13-24-17-7-5-15(6-8-17)14-22-18(19)21-11-9-16-4-2-3-10-20-16/h2-8,10H,9,11-14H2,1H3,(H3,19,21,22). The number of benzene rings is 1. The van der Waals surface area contributed by atoms with Gasteiger partial charge in [-0.25, -0.2) is 4.99 Å². The molecule has 2 aromatic rings. The van der Waals surface area contributed by atoms with Crippen molar-refractivity contribution in [2.24, 2.45) is 10.7 Å². The van der Waals surface area contributed by atoms with Crippen molar-refractivity contribution in [1.29, 1.82) is 0 Å². The van der Waals surface area contributed by atoms with E-state index in [4.69, 9.17) is 15.2 Å². The second kappa shape index (κ2) is 10.2. The number of methoxy groups -OCH3 is 1. The molecule has 0 bridgehead atoms. The summed E-state index contributed by atoms with van der Waals surface area (Å²) < 4.78 is 10.5. The molecule has 0 fully saturated rings. The van der Waals surface area contributed by atoms with Crippen LogP contribution in [0.3, 0.4) is 0 Å². The zero-order valence-corrected chi connectivity index (χ0v) is 13.9. The molecule has 1 aromatic carbocycles. The summed E-state index contributed by atoms with van der Waals surface area (Å²) >= 11 is 0. The monoisotopic (exact) mass is 328 g/mol. The smallest absolute Gasteiger partial charge is 0.188 e. The summed E-state index contributed by atoms with van der Waals surface area (Å²) in [5.74, 6) is 1.26. The Labute approximate surface area is 142 Å². The van der Waals surface area contributed by atoms with Crippen molar-refractivity contribution < 1.29 is 9.47 Å². The van der Waals surface area contributed by atoms with E-state index in [0.717, 1.165) is 23.4 Å². The third kappa shape index (κ3) is 6.66. The number of guanidine groups is 1. The first-order chi connectivity index (χ1) is 11.8. The molecule has 1 heterocycles. The van der Waals surface area contributed by atoms with Crippen molar-refractivity contribution in [2.75, 3.05) is 26.9 Å². The van der Waals surface area contributed by atoms with Gasteiger partial charge in [-0.2, -0.15) is 0 Å². The Morgan fingerprint density at radius 1 is 1.17 bits per heavy atom. The van der Waals surface area contributed by atoms with Gasteiger partial charge in [-0.05, 0) is 29.8 Å². The quantitative estimate of drug-likeness (QED) is 0.416. The Morgan fingerprint density at radius 2 is 2.00 bits per heavy atom. The molecule has 0 amide bonds. The van der Waals surface area contributed by atoms with Crippen molar-refractivity contribution in [3.63, 3.8) is 0 Å². The van der Waals surface area contributed by atoms with Gasteiger partial charge in [-0.15, -0.1) is 0 Å². The molecule has 0 unspecified atom stereocenters. The van der Waals surface area contributed by atoms with Crippen molar-refractivity contribution in [3.8, 4) is 5.75 Å². The van der Waals surface area contributed by atoms with Crippen LogP contribution in [-0.4, -0.2) is 37.8 Å². The van der Waals surface area contributed by atoms with Gasteiger partial charge in [0.25, 0.3) is 0 Å². The predicted octanol–water partition coefficient (Wildman–Crippen LogP) is 1.75. The highest BCUT2D eigenvalue weighted by atomic mass is 16.5. The highest BCUT2D eigenvalue weighted by Gasteiger charge is 1.97. The molecule has 0 aliphatic rings. The third-order valence-corrected chi connectivity index (χ3v) is 3.32. The maximum atomic E-state index is 5.88. The molecular weight excluding hydrogens is 304 g/mol. The first-order valence-corrected chi connectivity index (χ1v) is 7.92. The first-order valence-electron chi connectivity index (χ1n) is 7.92. The van der Waals surface area contributed by atoms with Gasteiger partial charge in [-0.1, -0.05) is 18.2 Å². The van der Waals surface area contributed by atoms with Crippen molar-refractivity contribution in [3.05, 3.63) is 59.9 Å². The fourth-order valence-corrected chi connectivity index (χ4v) is 2.03. The Morgan fingerprint density at radius 3 is 2.71 bits per heavy atom. The summed E-state index contributed by atoms with van der Waals surface area (Å²) in [5.41, 5.74) is 7.98. The highest BCUT2D eigenvalue weighted by Crippen LogP contribution is 2.12. The maximum absolute atomic E-state index is 5.88. The third-order valence-electron chi connectivity index (χ3n) is 3.32. The van der Waals surface area contributed by atoms with Crippen LogP contribution in [0.2, 0.25) is 0 Å². The average Bonchev–Trinajstić information content (AvgIpc) is 2.62. The number of pyridine rings is 1. The van der Waals surface area contributed by atoms with E-state index in [0.29, 0.717) is 32.3 Å². The summed E-state index contributed by atoms with van der Waals surface area (Å²) in [6.45, 7) is 2.35. The van der Waals surface area contributed by atoms with Crippen LogP contribution < -0.4 is 15.8 Å². The number of rotatable bonds is 9. The molecule has 0 radical (unpaired) electrons. The van der Waals surface area contributed by atoms with Crippen LogP contribution in [0, 0.1) is 0 Å². The molecular formula is C18H24N4O2. The van der Waals surface area contributed by atoms with E-state index in [9.17, 15) is 0 Å². The van der Waals surface area contributed by atoms with Gasteiger partial charge >= 0.3 is 0 Å². The fourth-order valence-electron chi connectivity index (χ4n) is 2.03. The minimum Gasteiger partial charge on any atom is -0.491 e. The molecule has 3 N–H and O–H groups in total. The molecule has 24 heavy (non-hydrogen) atoms. The molecule has 0 saturated heterocycles. The first kappa shape index (κ1) is 17.7. The predicted molar refractivity (Wildman–Crippen MR) is 95.1 cm³/mol. The zero-order chi connectivity index (χ0) is 17.0. The largest absolute Gasteiger partial charge is 0.491 e. The van der Waals surface area contributed by atoms with Crippen molar-refractivity contribution in [1.82, 2.24) is 10.3 Å². The van der Waals surface area contributed by atoms with E-state index in [2.05, 4.69) is 15.3 Å². The van der Waals surface area contributed by atoms with Gasteiger partial charge in [0.15, 0.2) is 5.96 Å². The van der Waals surface area contributed by atoms with E-state index in [1.54, 1.807) is 13.3 Å². The molecule has 1 aromatic heterocycles. The SMILES string of the molecule is COCCOc1ccc(CN=C(N)NCCc2ccccn2)cc1. The van der Waals surface area contributed by atoms with Crippen LogP contribution in [-0.2, 0) is 17.7 Å². The lowest BCUT2D eigenvalue weighted by Gasteiger charge is -2.07. The summed E-state index contributed by atoms with van der Waals surface area (Å²) in [6, 6.07) is 13.7. The topological polar surface area (TPSA) is 81.8 Å². The second-order valence-corrected chi connectivity index (χ2v) is 5.18. The lowest BCUT2D eigenvalue weighted by Crippen LogP contribution is -2.33. The van der Waals surface area contributed by atoms with Crippen LogP contribution in [0.4, 0.5) is 0 Å². The summed E-state index contributed by atoms with van der Waals surface area (Å²) in [5, 5.41) is 3.10. The Balaban J connectivity index is 1.71. The van der Waals surface area contributed by atoms with E-state index in [-0.39, 0.29) is 0 Å².